The molecule has 84 valence electrons. The Morgan fingerprint density at radius 2 is 2.00 bits per heavy atom. The summed E-state index contributed by atoms with van der Waals surface area (Å²) >= 11 is 0. The van der Waals surface area contributed by atoms with Crippen LogP contribution in [0.5, 0.6) is 0 Å². The highest BCUT2D eigenvalue weighted by molar-refractivity contribution is 5.21. The molecule has 1 aromatic heterocycles. The van der Waals surface area contributed by atoms with E-state index in [4.69, 9.17) is 0 Å². The van der Waals surface area contributed by atoms with E-state index in [-0.39, 0.29) is 12.0 Å². The van der Waals surface area contributed by atoms with Crippen molar-refractivity contribution in [2.24, 2.45) is 0 Å². The number of aromatic nitrogens is 2. The van der Waals surface area contributed by atoms with Crippen molar-refractivity contribution in [2.45, 2.75) is 44.8 Å². The van der Waals surface area contributed by atoms with Crippen LogP contribution in [0.4, 0.5) is 13.2 Å². The van der Waals surface area contributed by atoms with Crippen LogP contribution in [0.2, 0.25) is 0 Å². The Kier molecular flexibility index (Phi) is 2.28. The second-order valence-corrected chi connectivity index (χ2v) is 4.26. The van der Waals surface area contributed by atoms with Crippen molar-refractivity contribution in [3.63, 3.8) is 0 Å². The van der Waals surface area contributed by atoms with Gasteiger partial charge < -0.3 is 0 Å². The van der Waals surface area contributed by atoms with Crippen molar-refractivity contribution in [3.8, 4) is 0 Å². The van der Waals surface area contributed by atoms with Crippen LogP contribution in [0, 0.1) is 0 Å². The van der Waals surface area contributed by atoms with E-state index in [2.05, 4.69) is 5.10 Å². The summed E-state index contributed by atoms with van der Waals surface area (Å²) in [6, 6.07) is 0.937. The van der Waals surface area contributed by atoms with Gasteiger partial charge in [-0.2, -0.15) is 18.3 Å². The van der Waals surface area contributed by atoms with Crippen LogP contribution in [-0.2, 0) is 6.18 Å². The van der Waals surface area contributed by atoms with Gasteiger partial charge in [-0.1, -0.05) is 0 Å². The zero-order valence-corrected chi connectivity index (χ0v) is 8.67. The zero-order valence-electron chi connectivity index (χ0n) is 8.67. The molecule has 0 atom stereocenters. The van der Waals surface area contributed by atoms with Crippen LogP contribution >= 0.6 is 0 Å². The van der Waals surface area contributed by atoms with Gasteiger partial charge in [0.15, 0.2) is 0 Å². The quantitative estimate of drug-likeness (QED) is 0.744. The zero-order chi connectivity index (χ0) is 11.2. The topological polar surface area (TPSA) is 17.8 Å². The number of hydrogen-bond donors (Lipinski definition) is 0. The number of nitrogens with zero attached hydrogens (tertiary/aromatic N) is 2. The van der Waals surface area contributed by atoms with Crippen molar-refractivity contribution < 1.29 is 13.2 Å². The fourth-order valence-electron chi connectivity index (χ4n) is 1.60. The van der Waals surface area contributed by atoms with Crippen molar-refractivity contribution in [1.82, 2.24) is 9.78 Å². The molecule has 0 bridgehead atoms. The van der Waals surface area contributed by atoms with Gasteiger partial charge in [-0.05, 0) is 32.8 Å². The fourth-order valence-corrected chi connectivity index (χ4v) is 1.60. The molecule has 1 heterocycles. The van der Waals surface area contributed by atoms with Crippen molar-refractivity contribution in [3.05, 3.63) is 17.5 Å². The maximum Gasteiger partial charge on any atom is 0.433 e. The van der Waals surface area contributed by atoms with E-state index < -0.39 is 11.9 Å². The van der Waals surface area contributed by atoms with Gasteiger partial charge in [0.1, 0.15) is 5.69 Å². The van der Waals surface area contributed by atoms with E-state index in [1.807, 2.05) is 0 Å². The standard InChI is InChI=1S/C10H13F3N2/c1-6(2)15-9(10(11,12)13)5-8(14-15)7-3-4-7/h5-7H,3-4H2,1-2H3. The molecule has 0 saturated heterocycles. The van der Waals surface area contributed by atoms with E-state index in [1.165, 1.54) is 6.07 Å². The summed E-state index contributed by atoms with van der Waals surface area (Å²) < 4.78 is 39.0. The molecule has 1 fully saturated rings. The summed E-state index contributed by atoms with van der Waals surface area (Å²) in [5.74, 6) is 0.256. The van der Waals surface area contributed by atoms with Gasteiger partial charge in [0.25, 0.3) is 0 Å². The van der Waals surface area contributed by atoms with Crippen molar-refractivity contribution in [2.75, 3.05) is 0 Å². The van der Waals surface area contributed by atoms with Gasteiger partial charge in [-0.15, -0.1) is 0 Å². The molecule has 0 aromatic carbocycles. The summed E-state index contributed by atoms with van der Waals surface area (Å²) in [6.07, 6.45) is -2.37. The van der Waals surface area contributed by atoms with Crippen LogP contribution in [-0.4, -0.2) is 9.78 Å². The maximum atomic E-state index is 12.6. The molecule has 1 aliphatic carbocycles. The molecule has 0 amide bonds. The third-order valence-electron chi connectivity index (χ3n) is 2.53. The Balaban J connectivity index is 2.41. The van der Waals surface area contributed by atoms with E-state index in [0.717, 1.165) is 17.5 Å². The molecule has 5 heteroatoms. The Morgan fingerprint density at radius 1 is 1.40 bits per heavy atom. The Morgan fingerprint density at radius 3 is 2.33 bits per heavy atom. The number of hydrogen-bond acceptors (Lipinski definition) is 1. The van der Waals surface area contributed by atoms with Crippen molar-refractivity contribution >= 4 is 0 Å². The average molecular weight is 218 g/mol. The predicted octanol–water partition coefficient (Wildman–Crippen LogP) is 3.36. The Hall–Kier alpha value is -1.00. The molecule has 2 nitrogen and oxygen atoms in total. The van der Waals surface area contributed by atoms with Crippen LogP contribution in [0.1, 0.15) is 50.0 Å². The molecule has 1 aromatic rings. The summed E-state index contributed by atoms with van der Waals surface area (Å²) in [6.45, 7) is 3.41. The van der Waals surface area contributed by atoms with Gasteiger partial charge in [0.05, 0.1) is 5.69 Å². The lowest BCUT2D eigenvalue weighted by Crippen LogP contribution is -2.16. The maximum absolute atomic E-state index is 12.6. The summed E-state index contributed by atoms with van der Waals surface area (Å²) in [5, 5.41) is 4.03. The van der Waals surface area contributed by atoms with Gasteiger partial charge in [0.2, 0.25) is 0 Å². The molecule has 0 unspecified atom stereocenters. The second-order valence-electron chi connectivity index (χ2n) is 4.26. The first-order chi connectivity index (χ1) is 6.89. The van der Waals surface area contributed by atoms with E-state index in [9.17, 15) is 13.2 Å². The third kappa shape index (κ3) is 2.01. The molecule has 0 spiro atoms. The highest BCUT2D eigenvalue weighted by atomic mass is 19.4. The Bertz CT molecular complexity index is 361. The van der Waals surface area contributed by atoms with Gasteiger partial charge in [-0.25, -0.2) is 0 Å². The molecule has 15 heavy (non-hydrogen) atoms. The van der Waals surface area contributed by atoms with Gasteiger partial charge >= 0.3 is 6.18 Å². The van der Waals surface area contributed by atoms with E-state index >= 15 is 0 Å². The normalized spacial score (nSPS) is 17.5. The molecular weight excluding hydrogens is 205 g/mol. The lowest BCUT2D eigenvalue weighted by Gasteiger charge is -2.12. The predicted molar refractivity (Wildman–Crippen MR) is 49.6 cm³/mol. The number of rotatable bonds is 2. The highest BCUT2D eigenvalue weighted by Crippen LogP contribution is 2.42. The summed E-state index contributed by atoms with van der Waals surface area (Å²) in [5.41, 5.74) is -0.0320. The fraction of sp³-hybridized carbons (Fsp3) is 0.700. The largest absolute Gasteiger partial charge is 0.433 e. The van der Waals surface area contributed by atoms with Crippen LogP contribution in [0.15, 0.2) is 6.07 Å². The minimum absolute atomic E-state index is 0.255. The molecule has 1 aliphatic rings. The lowest BCUT2D eigenvalue weighted by molar-refractivity contribution is -0.144. The molecule has 0 N–H and O–H groups in total. The SMILES string of the molecule is CC(C)n1nc(C2CC2)cc1C(F)(F)F. The summed E-state index contributed by atoms with van der Waals surface area (Å²) in [7, 11) is 0. The first-order valence-electron chi connectivity index (χ1n) is 5.06. The third-order valence-corrected chi connectivity index (χ3v) is 2.53. The second kappa shape index (κ2) is 3.25. The number of halogens is 3. The van der Waals surface area contributed by atoms with E-state index in [1.54, 1.807) is 13.8 Å². The van der Waals surface area contributed by atoms with Crippen LogP contribution in [0.25, 0.3) is 0 Å². The Labute approximate surface area is 86.1 Å². The number of alkyl halides is 3. The minimum atomic E-state index is -4.30. The molecular formula is C10H13F3N2. The minimum Gasteiger partial charge on any atom is -0.258 e. The molecule has 0 radical (unpaired) electrons. The highest BCUT2D eigenvalue weighted by Gasteiger charge is 2.38. The molecule has 2 rings (SSSR count). The van der Waals surface area contributed by atoms with E-state index in [0.29, 0.717) is 5.69 Å². The van der Waals surface area contributed by atoms with Crippen LogP contribution < -0.4 is 0 Å². The molecule has 1 saturated carbocycles. The monoisotopic (exact) mass is 218 g/mol. The van der Waals surface area contributed by atoms with Gasteiger partial charge in [0, 0.05) is 12.0 Å². The first-order valence-corrected chi connectivity index (χ1v) is 5.06. The molecule has 0 aliphatic heterocycles. The lowest BCUT2D eigenvalue weighted by atomic mass is 10.2. The van der Waals surface area contributed by atoms with Crippen molar-refractivity contribution in [1.29, 1.82) is 0 Å². The van der Waals surface area contributed by atoms with Gasteiger partial charge in [-0.3, -0.25) is 4.68 Å². The smallest absolute Gasteiger partial charge is 0.258 e. The average Bonchev–Trinajstić information content (AvgIpc) is 2.81. The first kappa shape index (κ1) is 10.5. The van der Waals surface area contributed by atoms with Crippen LogP contribution in [0.3, 0.4) is 0 Å². The summed E-state index contributed by atoms with van der Waals surface area (Å²) in [4.78, 5) is 0.